The van der Waals surface area contributed by atoms with E-state index in [2.05, 4.69) is 51.6 Å². The van der Waals surface area contributed by atoms with Gasteiger partial charge in [0, 0.05) is 14.5 Å². The summed E-state index contributed by atoms with van der Waals surface area (Å²) in [7, 11) is 0. The van der Waals surface area contributed by atoms with E-state index in [1.807, 2.05) is 18.2 Å². The molecule has 0 N–H and O–H groups in total. The van der Waals surface area contributed by atoms with Crippen LogP contribution >= 0.6 is 38.9 Å². The molecule has 0 nitrogen and oxygen atoms in total. The zero-order valence-electron chi connectivity index (χ0n) is 10.1. The molecular formula is C16H12BrClS. The predicted molar refractivity (Wildman–Crippen MR) is 88.6 cm³/mol. The summed E-state index contributed by atoms with van der Waals surface area (Å²) in [5.74, 6) is 0. The summed E-state index contributed by atoms with van der Waals surface area (Å²) in [6, 6.07) is 16.6. The smallest absolute Gasteiger partial charge is 0.0450 e. The fourth-order valence-corrected chi connectivity index (χ4v) is 4.34. The van der Waals surface area contributed by atoms with Crippen molar-refractivity contribution in [1.82, 2.24) is 0 Å². The number of hydrogen-bond donors (Lipinski definition) is 0. The Morgan fingerprint density at radius 1 is 1.05 bits per heavy atom. The SMILES string of the molecule is Clc1ccccc1CC(Br)c1csc2ccccc12. The lowest BCUT2D eigenvalue weighted by molar-refractivity contribution is 0.962. The second kappa shape index (κ2) is 5.66. The number of hydrogen-bond acceptors (Lipinski definition) is 1. The van der Waals surface area contributed by atoms with Gasteiger partial charge in [0.1, 0.15) is 0 Å². The molecular weight excluding hydrogens is 340 g/mol. The molecule has 1 unspecified atom stereocenters. The van der Waals surface area contributed by atoms with Crippen molar-refractivity contribution in [2.75, 3.05) is 0 Å². The quantitative estimate of drug-likeness (QED) is 0.490. The maximum atomic E-state index is 6.23. The van der Waals surface area contributed by atoms with E-state index < -0.39 is 0 Å². The van der Waals surface area contributed by atoms with E-state index in [1.54, 1.807) is 11.3 Å². The maximum absolute atomic E-state index is 6.23. The van der Waals surface area contributed by atoms with E-state index in [1.165, 1.54) is 21.2 Å². The third kappa shape index (κ3) is 2.71. The fraction of sp³-hybridized carbons (Fsp3) is 0.125. The zero-order valence-corrected chi connectivity index (χ0v) is 13.3. The minimum Gasteiger partial charge on any atom is -0.143 e. The van der Waals surface area contributed by atoms with Crippen molar-refractivity contribution >= 4 is 49.0 Å². The highest BCUT2D eigenvalue weighted by Crippen LogP contribution is 2.37. The summed E-state index contributed by atoms with van der Waals surface area (Å²) in [6.45, 7) is 0. The fourth-order valence-electron chi connectivity index (χ4n) is 2.21. The first kappa shape index (κ1) is 13.2. The molecule has 0 bridgehead atoms. The van der Waals surface area contributed by atoms with Gasteiger partial charge in [-0.1, -0.05) is 63.9 Å². The number of alkyl halides is 1. The van der Waals surface area contributed by atoms with Gasteiger partial charge in [-0.25, -0.2) is 0 Å². The van der Waals surface area contributed by atoms with Gasteiger partial charge in [-0.3, -0.25) is 0 Å². The third-order valence-electron chi connectivity index (χ3n) is 3.21. The average molecular weight is 352 g/mol. The van der Waals surface area contributed by atoms with Crippen LogP contribution in [-0.2, 0) is 6.42 Å². The summed E-state index contributed by atoms with van der Waals surface area (Å²) >= 11 is 11.8. The normalized spacial score (nSPS) is 12.7. The summed E-state index contributed by atoms with van der Waals surface area (Å²) in [6.07, 6.45) is 0.903. The lowest BCUT2D eigenvalue weighted by Crippen LogP contribution is -1.95. The van der Waals surface area contributed by atoms with Crippen molar-refractivity contribution in [2.24, 2.45) is 0 Å². The minimum atomic E-state index is 0.295. The van der Waals surface area contributed by atoms with Gasteiger partial charge in [-0.15, -0.1) is 11.3 Å². The second-order valence-corrected chi connectivity index (χ2v) is 6.87. The largest absolute Gasteiger partial charge is 0.143 e. The Morgan fingerprint density at radius 2 is 1.79 bits per heavy atom. The van der Waals surface area contributed by atoms with Crippen LogP contribution in [-0.4, -0.2) is 0 Å². The van der Waals surface area contributed by atoms with Crippen LogP contribution in [0.2, 0.25) is 5.02 Å². The van der Waals surface area contributed by atoms with Gasteiger partial charge in [0.15, 0.2) is 0 Å². The molecule has 0 aliphatic rings. The maximum Gasteiger partial charge on any atom is 0.0450 e. The molecule has 0 aliphatic carbocycles. The first-order chi connectivity index (χ1) is 9.25. The Morgan fingerprint density at radius 3 is 2.63 bits per heavy atom. The van der Waals surface area contributed by atoms with E-state index in [0.717, 1.165) is 11.4 Å². The van der Waals surface area contributed by atoms with Crippen LogP contribution in [0.4, 0.5) is 0 Å². The first-order valence-corrected chi connectivity index (χ1v) is 8.26. The standard InChI is InChI=1S/C16H12BrClS/c17-14(9-11-5-1-3-7-15(11)18)13-10-19-16-8-4-2-6-12(13)16/h1-8,10,14H,9H2. The molecule has 96 valence electrons. The first-order valence-electron chi connectivity index (χ1n) is 6.09. The van der Waals surface area contributed by atoms with Gasteiger partial charge in [-0.2, -0.15) is 0 Å². The van der Waals surface area contributed by atoms with Crippen LogP contribution in [0.15, 0.2) is 53.9 Å². The Labute approximate surface area is 130 Å². The number of halogens is 2. The van der Waals surface area contributed by atoms with Gasteiger partial charge in [0.25, 0.3) is 0 Å². The molecule has 3 heteroatoms. The Balaban J connectivity index is 1.92. The molecule has 0 fully saturated rings. The van der Waals surface area contributed by atoms with Crippen LogP contribution < -0.4 is 0 Å². The molecule has 1 aromatic heterocycles. The Kier molecular flexibility index (Phi) is 3.92. The van der Waals surface area contributed by atoms with Gasteiger partial charge in [0.2, 0.25) is 0 Å². The highest BCUT2D eigenvalue weighted by atomic mass is 79.9. The number of fused-ring (bicyclic) bond motifs is 1. The van der Waals surface area contributed by atoms with Crippen LogP contribution in [0.1, 0.15) is 16.0 Å². The van der Waals surface area contributed by atoms with Gasteiger partial charge < -0.3 is 0 Å². The van der Waals surface area contributed by atoms with Crippen LogP contribution in [0.3, 0.4) is 0 Å². The highest BCUT2D eigenvalue weighted by Gasteiger charge is 2.14. The minimum absolute atomic E-state index is 0.295. The summed E-state index contributed by atoms with van der Waals surface area (Å²) < 4.78 is 1.33. The molecule has 19 heavy (non-hydrogen) atoms. The molecule has 3 aromatic rings. The topological polar surface area (TPSA) is 0 Å². The lowest BCUT2D eigenvalue weighted by Gasteiger charge is -2.10. The molecule has 0 amide bonds. The summed E-state index contributed by atoms with van der Waals surface area (Å²) in [4.78, 5) is 0.295. The summed E-state index contributed by atoms with van der Waals surface area (Å²) in [5, 5.41) is 4.41. The molecule has 3 rings (SSSR count). The molecule has 0 saturated carbocycles. The molecule has 0 spiro atoms. The highest BCUT2D eigenvalue weighted by molar-refractivity contribution is 9.09. The zero-order chi connectivity index (χ0) is 13.2. The van der Waals surface area contributed by atoms with Crippen LogP contribution in [0.5, 0.6) is 0 Å². The number of benzene rings is 2. The van der Waals surface area contributed by atoms with Crippen molar-refractivity contribution in [3.8, 4) is 0 Å². The predicted octanol–water partition coefficient (Wildman–Crippen LogP) is 6.23. The third-order valence-corrected chi connectivity index (χ3v) is 5.37. The lowest BCUT2D eigenvalue weighted by atomic mass is 10.0. The van der Waals surface area contributed by atoms with E-state index in [-0.39, 0.29) is 0 Å². The molecule has 2 aromatic carbocycles. The van der Waals surface area contributed by atoms with Crippen molar-refractivity contribution in [3.63, 3.8) is 0 Å². The molecule has 0 radical (unpaired) electrons. The van der Waals surface area contributed by atoms with Gasteiger partial charge in [-0.05, 0) is 40.4 Å². The van der Waals surface area contributed by atoms with Crippen LogP contribution in [0.25, 0.3) is 10.1 Å². The molecule has 0 aliphatic heterocycles. The monoisotopic (exact) mass is 350 g/mol. The van der Waals surface area contributed by atoms with Crippen molar-refractivity contribution in [1.29, 1.82) is 0 Å². The molecule has 0 saturated heterocycles. The Bertz CT molecular complexity index is 705. The van der Waals surface area contributed by atoms with E-state index in [9.17, 15) is 0 Å². The van der Waals surface area contributed by atoms with Crippen molar-refractivity contribution < 1.29 is 0 Å². The number of thiophene rings is 1. The molecule has 1 heterocycles. The van der Waals surface area contributed by atoms with E-state index in [4.69, 9.17) is 11.6 Å². The second-order valence-electron chi connectivity index (χ2n) is 4.45. The number of rotatable bonds is 3. The van der Waals surface area contributed by atoms with Gasteiger partial charge in [0.05, 0.1) is 0 Å². The van der Waals surface area contributed by atoms with Crippen molar-refractivity contribution in [3.05, 3.63) is 70.1 Å². The summed E-state index contributed by atoms with van der Waals surface area (Å²) in [5.41, 5.74) is 2.53. The average Bonchev–Trinajstić information content (AvgIpc) is 2.85. The van der Waals surface area contributed by atoms with E-state index in [0.29, 0.717) is 4.83 Å². The Hall–Kier alpha value is -0.830. The van der Waals surface area contributed by atoms with Gasteiger partial charge >= 0.3 is 0 Å². The van der Waals surface area contributed by atoms with Crippen LogP contribution in [0, 0.1) is 0 Å². The molecule has 1 atom stereocenters. The van der Waals surface area contributed by atoms with E-state index >= 15 is 0 Å². The van der Waals surface area contributed by atoms with Crippen molar-refractivity contribution in [2.45, 2.75) is 11.2 Å².